The summed E-state index contributed by atoms with van der Waals surface area (Å²) in [7, 11) is 0. The minimum atomic E-state index is -0.284. The van der Waals surface area contributed by atoms with E-state index in [1.54, 1.807) is 18.2 Å². The first kappa shape index (κ1) is 15.7. The third kappa shape index (κ3) is 3.14. The Kier molecular flexibility index (Phi) is 4.45. The van der Waals surface area contributed by atoms with Gasteiger partial charge in [0.05, 0.1) is 15.7 Å². The number of rotatable bonds is 2. The van der Waals surface area contributed by atoms with Crippen molar-refractivity contribution >= 4 is 40.5 Å². The van der Waals surface area contributed by atoms with Gasteiger partial charge in [0.2, 0.25) is 0 Å². The normalized spacial score (nSPS) is 10.5. The number of benzene rings is 2. The van der Waals surface area contributed by atoms with Crippen molar-refractivity contribution in [3.8, 4) is 0 Å². The van der Waals surface area contributed by atoms with Crippen LogP contribution in [0.3, 0.4) is 0 Å². The van der Waals surface area contributed by atoms with Crippen molar-refractivity contribution in [2.75, 3.05) is 11.1 Å². The molecule has 0 heterocycles. The van der Waals surface area contributed by atoms with Crippen LogP contribution in [0.2, 0.25) is 10.0 Å². The van der Waals surface area contributed by atoms with Crippen molar-refractivity contribution in [3.05, 3.63) is 56.6 Å². The van der Waals surface area contributed by atoms with Gasteiger partial charge in [-0.05, 0) is 49.6 Å². The number of nitrogens with one attached hydrogen (secondary N) is 1. The van der Waals surface area contributed by atoms with Crippen molar-refractivity contribution in [1.29, 1.82) is 0 Å². The van der Waals surface area contributed by atoms with E-state index in [1.807, 2.05) is 26.8 Å². The molecule has 3 N–H and O–H groups in total. The van der Waals surface area contributed by atoms with Gasteiger partial charge in [-0.25, -0.2) is 0 Å². The highest BCUT2D eigenvalue weighted by molar-refractivity contribution is 6.40. The van der Waals surface area contributed by atoms with Gasteiger partial charge in [-0.1, -0.05) is 35.3 Å². The van der Waals surface area contributed by atoms with E-state index < -0.39 is 0 Å². The van der Waals surface area contributed by atoms with E-state index in [2.05, 4.69) is 5.32 Å². The largest absolute Gasteiger partial charge is 0.398 e. The molecular weight excluding hydrogens is 307 g/mol. The van der Waals surface area contributed by atoms with Crippen LogP contribution in [-0.4, -0.2) is 5.91 Å². The Balaban J connectivity index is 2.40. The molecule has 0 atom stereocenters. The molecule has 0 aliphatic carbocycles. The Bertz CT molecular complexity index is 727. The molecule has 0 unspecified atom stereocenters. The van der Waals surface area contributed by atoms with E-state index >= 15 is 0 Å². The number of halogens is 2. The molecule has 2 aromatic carbocycles. The zero-order chi connectivity index (χ0) is 15.7. The smallest absolute Gasteiger partial charge is 0.256 e. The first-order valence-electron chi connectivity index (χ1n) is 6.44. The Hall–Kier alpha value is -1.71. The molecule has 1 amide bonds. The molecule has 2 rings (SSSR count). The fraction of sp³-hybridized carbons (Fsp3) is 0.188. The summed E-state index contributed by atoms with van der Waals surface area (Å²) in [6, 6.07) is 7.05. The minimum Gasteiger partial charge on any atom is -0.398 e. The van der Waals surface area contributed by atoms with E-state index in [0.29, 0.717) is 27.0 Å². The highest BCUT2D eigenvalue weighted by atomic mass is 35.5. The number of aryl methyl sites for hydroxylation is 3. The van der Waals surface area contributed by atoms with Gasteiger partial charge in [-0.15, -0.1) is 0 Å². The summed E-state index contributed by atoms with van der Waals surface area (Å²) in [5.41, 5.74) is 10.0. The number of nitrogens with two attached hydrogens (primary N) is 1. The van der Waals surface area contributed by atoms with Crippen LogP contribution in [0.25, 0.3) is 0 Å². The fourth-order valence-corrected chi connectivity index (χ4v) is 2.53. The van der Waals surface area contributed by atoms with Crippen LogP contribution in [0.15, 0.2) is 24.3 Å². The van der Waals surface area contributed by atoms with Gasteiger partial charge < -0.3 is 11.1 Å². The predicted molar refractivity (Wildman–Crippen MR) is 89.5 cm³/mol. The van der Waals surface area contributed by atoms with E-state index in [0.717, 1.165) is 16.7 Å². The maximum atomic E-state index is 12.4. The second kappa shape index (κ2) is 5.96. The Morgan fingerprint density at radius 2 is 1.71 bits per heavy atom. The highest BCUT2D eigenvalue weighted by Gasteiger charge is 2.15. The van der Waals surface area contributed by atoms with Gasteiger partial charge in [0.1, 0.15) is 0 Å². The number of hydrogen-bond donors (Lipinski definition) is 2. The lowest BCUT2D eigenvalue weighted by Gasteiger charge is -2.13. The van der Waals surface area contributed by atoms with Crippen molar-refractivity contribution in [1.82, 2.24) is 0 Å². The SMILES string of the molecule is Cc1cc(C)c(C(=O)Nc2c(Cl)ccc(C)c2Cl)cc1N. The second-order valence-corrected chi connectivity index (χ2v) is 5.82. The van der Waals surface area contributed by atoms with Gasteiger partial charge in [-0.3, -0.25) is 4.79 Å². The topological polar surface area (TPSA) is 55.1 Å². The van der Waals surface area contributed by atoms with Gasteiger partial charge in [0.15, 0.2) is 0 Å². The van der Waals surface area contributed by atoms with E-state index in [1.165, 1.54) is 0 Å². The molecule has 0 saturated carbocycles. The molecule has 3 nitrogen and oxygen atoms in total. The van der Waals surface area contributed by atoms with Crippen LogP contribution in [-0.2, 0) is 0 Å². The molecule has 0 fully saturated rings. The lowest BCUT2D eigenvalue weighted by atomic mass is 10.0. The van der Waals surface area contributed by atoms with Crippen LogP contribution in [0.1, 0.15) is 27.0 Å². The summed E-state index contributed by atoms with van der Waals surface area (Å²) in [5, 5.41) is 3.60. The van der Waals surface area contributed by atoms with Crippen LogP contribution in [0.4, 0.5) is 11.4 Å². The molecule has 5 heteroatoms. The second-order valence-electron chi connectivity index (χ2n) is 5.03. The third-order valence-electron chi connectivity index (χ3n) is 3.38. The number of amides is 1. The first-order valence-corrected chi connectivity index (χ1v) is 7.19. The summed E-state index contributed by atoms with van der Waals surface area (Å²) in [6.45, 7) is 5.61. The molecule has 0 aliphatic heterocycles. The van der Waals surface area contributed by atoms with Gasteiger partial charge in [0.25, 0.3) is 5.91 Å². The lowest BCUT2D eigenvalue weighted by molar-refractivity contribution is 0.102. The lowest BCUT2D eigenvalue weighted by Crippen LogP contribution is -2.15. The number of hydrogen-bond acceptors (Lipinski definition) is 2. The van der Waals surface area contributed by atoms with Crippen molar-refractivity contribution in [3.63, 3.8) is 0 Å². The van der Waals surface area contributed by atoms with Gasteiger partial charge >= 0.3 is 0 Å². The Labute approximate surface area is 134 Å². The van der Waals surface area contributed by atoms with Crippen LogP contribution >= 0.6 is 23.2 Å². The van der Waals surface area contributed by atoms with E-state index in [4.69, 9.17) is 28.9 Å². The highest BCUT2D eigenvalue weighted by Crippen LogP contribution is 2.33. The zero-order valence-electron chi connectivity index (χ0n) is 12.1. The van der Waals surface area contributed by atoms with E-state index in [-0.39, 0.29) is 5.91 Å². The molecule has 110 valence electrons. The Morgan fingerprint density at radius 1 is 1.05 bits per heavy atom. The fourth-order valence-electron chi connectivity index (χ4n) is 2.07. The number of carbonyl (C=O) groups excluding carboxylic acids is 1. The molecule has 2 aromatic rings. The average Bonchev–Trinajstić information content (AvgIpc) is 2.43. The summed E-state index contributed by atoms with van der Waals surface area (Å²) in [6.07, 6.45) is 0. The molecule has 0 spiro atoms. The quantitative estimate of drug-likeness (QED) is 0.783. The maximum absolute atomic E-state index is 12.4. The predicted octanol–water partition coefficient (Wildman–Crippen LogP) is 4.75. The van der Waals surface area contributed by atoms with Crippen LogP contribution in [0, 0.1) is 20.8 Å². The molecule has 0 aromatic heterocycles. The first-order chi connectivity index (χ1) is 9.81. The van der Waals surface area contributed by atoms with Crippen molar-refractivity contribution in [2.24, 2.45) is 0 Å². The summed E-state index contributed by atoms with van der Waals surface area (Å²) >= 11 is 12.3. The third-order valence-corrected chi connectivity index (χ3v) is 4.18. The molecule has 0 aliphatic rings. The van der Waals surface area contributed by atoms with Crippen LogP contribution in [0.5, 0.6) is 0 Å². The van der Waals surface area contributed by atoms with Crippen molar-refractivity contribution in [2.45, 2.75) is 20.8 Å². The molecule has 21 heavy (non-hydrogen) atoms. The number of anilines is 2. The maximum Gasteiger partial charge on any atom is 0.256 e. The molecule has 0 radical (unpaired) electrons. The average molecular weight is 323 g/mol. The summed E-state index contributed by atoms with van der Waals surface area (Å²) in [4.78, 5) is 12.4. The van der Waals surface area contributed by atoms with Crippen molar-refractivity contribution < 1.29 is 4.79 Å². The number of nitrogen functional groups attached to an aromatic ring is 1. The minimum absolute atomic E-state index is 0.284. The summed E-state index contributed by atoms with van der Waals surface area (Å²) in [5.74, 6) is -0.284. The molecular formula is C16H16Cl2N2O. The van der Waals surface area contributed by atoms with Gasteiger partial charge in [0, 0.05) is 11.3 Å². The molecule has 0 bridgehead atoms. The van der Waals surface area contributed by atoms with Gasteiger partial charge in [-0.2, -0.15) is 0 Å². The van der Waals surface area contributed by atoms with E-state index in [9.17, 15) is 4.79 Å². The number of carbonyl (C=O) groups is 1. The monoisotopic (exact) mass is 322 g/mol. The van der Waals surface area contributed by atoms with Crippen LogP contribution < -0.4 is 11.1 Å². The molecule has 0 saturated heterocycles. The Morgan fingerprint density at radius 3 is 2.38 bits per heavy atom. The summed E-state index contributed by atoms with van der Waals surface area (Å²) < 4.78 is 0. The standard InChI is InChI=1S/C16H16Cl2N2O/c1-8-4-5-12(17)15(14(8)18)20-16(21)11-7-13(19)10(3)6-9(11)2/h4-7H,19H2,1-3H3,(H,20,21). The zero-order valence-corrected chi connectivity index (χ0v) is 13.6.